The second kappa shape index (κ2) is 10.1. The molecule has 0 saturated carbocycles. The number of ether oxygens (including phenoxy) is 1. The quantitative estimate of drug-likeness (QED) is 0.617. The Morgan fingerprint density at radius 3 is 2.97 bits per heavy atom. The number of amides is 2. The fourth-order valence-electron chi connectivity index (χ4n) is 6.18. The van der Waals surface area contributed by atoms with Crippen LogP contribution in [0.3, 0.4) is 0 Å². The molecule has 2 aromatic rings. The second-order valence-electron chi connectivity index (χ2n) is 10.1. The highest BCUT2D eigenvalue weighted by molar-refractivity contribution is 5.84. The Bertz CT molecular complexity index is 1040. The Morgan fingerprint density at radius 2 is 2.12 bits per heavy atom. The molecular formula is C26H37N5O3. The van der Waals surface area contributed by atoms with Gasteiger partial charge in [0.25, 0.3) is 0 Å². The number of fused-ring (bicyclic) bond motifs is 2. The Labute approximate surface area is 201 Å². The van der Waals surface area contributed by atoms with Crippen molar-refractivity contribution < 1.29 is 14.3 Å². The molecule has 1 aromatic heterocycles. The zero-order valence-electron chi connectivity index (χ0n) is 20.3. The van der Waals surface area contributed by atoms with Crippen LogP contribution in [-0.2, 0) is 27.9 Å². The van der Waals surface area contributed by atoms with Gasteiger partial charge >= 0.3 is 0 Å². The first kappa shape index (κ1) is 23.3. The van der Waals surface area contributed by atoms with E-state index in [-0.39, 0.29) is 36.0 Å². The van der Waals surface area contributed by atoms with E-state index in [0.29, 0.717) is 19.6 Å². The van der Waals surface area contributed by atoms with Gasteiger partial charge in [0.1, 0.15) is 0 Å². The zero-order chi connectivity index (χ0) is 23.7. The Balaban J connectivity index is 1.18. The van der Waals surface area contributed by atoms with E-state index in [9.17, 15) is 9.59 Å². The molecule has 8 nitrogen and oxygen atoms in total. The second-order valence-corrected chi connectivity index (χ2v) is 10.1. The first-order valence-corrected chi connectivity index (χ1v) is 12.6. The number of carbonyl (C=O) groups excluding carboxylic acids is 2. The highest BCUT2D eigenvalue weighted by atomic mass is 16.5. The molecule has 4 heterocycles. The summed E-state index contributed by atoms with van der Waals surface area (Å²) in [4.78, 5) is 29.9. The third-order valence-electron chi connectivity index (χ3n) is 7.93. The highest BCUT2D eigenvalue weighted by Gasteiger charge is 2.43. The molecule has 3 fully saturated rings. The summed E-state index contributed by atoms with van der Waals surface area (Å²) >= 11 is 0. The van der Waals surface area contributed by atoms with Crippen molar-refractivity contribution in [3.05, 3.63) is 36.0 Å². The molecule has 0 aliphatic carbocycles. The molecule has 34 heavy (non-hydrogen) atoms. The van der Waals surface area contributed by atoms with E-state index in [1.165, 1.54) is 16.5 Å². The lowest BCUT2D eigenvalue weighted by molar-refractivity contribution is -0.133. The SMILES string of the molecule is COC[C@H]1CCCN1C(=O)CC[C@@H]1CNC(=O)[C@@H]2C[C@H](NCc3cn(C)c4ccccc34)CN12. The highest BCUT2D eigenvalue weighted by Crippen LogP contribution is 2.28. The molecule has 3 saturated heterocycles. The van der Waals surface area contributed by atoms with Gasteiger partial charge in [0, 0.05) is 75.9 Å². The molecular weight excluding hydrogens is 430 g/mol. The summed E-state index contributed by atoms with van der Waals surface area (Å²) in [5, 5.41) is 8.07. The lowest BCUT2D eigenvalue weighted by Gasteiger charge is -2.37. The summed E-state index contributed by atoms with van der Waals surface area (Å²) in [6.45, 7) is 3.70. The van der Waals surface area contributed by atoms with Crippen molar-refractivity contribution in [3.63, 3.8) is 0 Å². The van der Waals surface area contributed by atoms with Crippen LogP contribution in [0.1, 0.15) is 37.7 Å². The maximum Gasteiger partial charge on any atom is 0.237 e. The van der Waals surface area contributed by atoms with Crippen molar-refractivity contribution >= 4 is 22.7 Å². The smallest absolute Gasteiger partial charge is 0.237 e. The van der Waals surface area contributed by atoms with Crippen LogP contribution in [0.2, 0.25) is 0 Å². The first-order chi connectivity index (χ1) is 16.5. The van der Waals surface area contributed by atoms with Gasteiger partial charge in [-0.1, -0.05) is 18.2 Å². The van der Waals surface area contributed by atoms with Crippen LogP contribution in [-0.4, -0.2) is 83.7 Å². The molecule has 5 rings (SSSR count). The molecule has 3 aliphatic rings. The van der Waals surface area contributed by atoms with Crippen molar-refractivity contribution in [1.82, 2.24) is 25.0 Å². The molecule has 0 unspecified atom stereocenters. The topological polar surface area (TPSA) is 78.8 Å². The van der Waals surface area contributed by atoms with Crippen LogP contribution < -0.4 is 10.6 Å². The van der Waals surface area contributed by atoms with Gasteiger partial charge in [-0.05, 0) is 37.3 Å². The monoisotopic (exact) mass is 467 g/mol. The molecule has 184 valence electrons. The fourth-order valence-corrected chi connectivity index (χ4v) is 6.18. The summed E-state index contributed by atoms with van der Waals surface area (Å²) in [5.74, 6) is 0.342. The summed E-state index contributed by atoms with van der Waals surface area (Å²) < 4.78 is 7.47. The summed E-state index contributed by atoms with van der Waals surface area (Å²) in [6, 6.07) is 9.04. The van der Waals surface area contributed by atoms with Crippen molar-refractivity contribution in [2.75, 3.05) is 33.4 Å². The summed E-state index contributed by atoms with van der Waals surface area (Å²) in [7, 11) is 3.78. The van der Waals surface area contributed by atoms with Gasteiger partial charge < -0.3 is 24.8 Å². The molecule has 0 radical (unpaired) electrons. The van der Waals surface area contributed by atoms with E-state index in [2.05, 4.69) is 57.6 Å². The number of aryl methyl sites for hydroxylation is 1. The number of hydrogen-bond donors (Lipinski definition) is 2. The minimum absolute atomic E-state index is 0.105. The van der Waals surface area contributed by atoms with Crippen molar-refractivity contribution in [3.8, 4) is 0 Å². The number of aromatic nitrogens is 1. The van der Waals surface area contributed by atoms with Crippen molar-refractivity contribution in [2.24, 2.45) is 7.05 Å². The zero-order valence-corrected chi connectivity index (χ0v) is 20.3. The van der Waals surface area contributed by atoms with Gasteiger partial charge in [-0.2, -0.15) is 0 Å². The first-order valence-electron chi connectivity index (χ1n) is 12.6. The van der Waals surface area contributed by atoms with E-state index >= 15 is 0 Å². The molecule has 0 spiro atoms. The van der Waals surface area contributed by atoms with Gasteiger partial charge in [-0.15, -0.1) is 0 Å². The molecule has 2 N–H and O–H groups in total. The predicted molar refractivity (Wildman–Crippen MR) is 131 cm³/mol. The van der Waals surface area contributed by atoms with Gasteiger partial charge in [0.2, 0.25) is 11.8 Å². The van der Waals surface area contributed by atoms with E-state index < -0.39 is 0 Å². The average Bonchev–Trinajstić information content (AvgIpc) is 3.56. The molecule has 1 aromatic carbocycles. The van der Waals surface area contributed by atoms with Crippen LogP contribution >= 0.6 is 0 Å². The van der Waals surface area contributed by atoms with Crippen molar-refractivity contribution in [1.29, 1.82) is 0 Å². The number of nitrogens with zero attached hydrogens (tertiary/aromatic N) is 3. The van der Waals surface area contributed by atoms with E-state index in [1.54, 1.807) is 7.11 Å². The third-order valence-corrected chi connectivity index (χ3v) is 7.93. The number of para-hydroxylation sites is 1. The lowest BCUT2D eigenvalue weighted by Crippen LogP contribution is -2.58. The Kier molecular flexibility index (Phi) is 6.90. The molecule has 8 heteroatoms. The number of carbonyl (C=O) groups is 2. The average molecular weight is 468 g/mol. The minimum atomic E-state index is -0.105. The Morgan fingerprint density at radius 1 is 1.26 bits per heavy atom. The fraction of sp³-hybridized carbons (Fsp3) is 0.615. The van der Waals surface area contributed by atoms with Gasteiger partial charge in [-0.3, -0.25) is 14.5 Å². The number of benzene rings is 1. The number of methoxy groups -OCH3 is 1. The normalized spacial score (nSPS) is 27.4. The summed E-state index contributed by atoms with van der Waals surface area (Å²) in [5.41, 5.74) is 2.52. The molecule has 3 aliphatic heterocycles. The largest absolute Gasteiger partial charge is 0.383 e. The lowest BCUT2D eigenvalue weighted by atomic mass is 10.0. The van der Waals surface area contributed by atoms with Crippen LogP contribution in [0.25, 0.3) is 10.9 Å². The molecule has 4 atom stereocenters. The van der Waals surface area contributed by atoms with Crippen LogP contribution in [0.4, 0.5) is 0 Å². The Hall–Kier alpha value is -2.42. The molecule has 2 amide bonds. The van der Waals surface area contributed by atoms with Crippen LogP contribution in [0, 0.1) is 0 Å². The van der Waals surface area contributed by atoms with E-state index in [1.807, 2.05) is 4.90 Å². The number of piperazine rings is 1. The van der Waals surface area contributed by atoms with Crippen molar-refractivity contribution in [2.45, 2.75) is 62.8 Å². The number of nitrogens with one attached hydrogen (secondary N) is 2. The van der Waals surface area contributed by atoms with E-state index in [0.717, 1.165) is 45.3 Å². The molecule has 0 bridgehead atoms. The number of hydrogen-bond acceptors (Lipinski definition) is 5. The van der Waals surface area contributed by atoms with E-state index in [4.69, 9.17) is 4.74 Å². The standard InChI is InChI=1S/C26H37N5O3/c1-29-15-18(22-7-3-4-8-23(22)29)13-27-19-12-24-26(33)28-14-20(31(24)16-19)9-10-25(32)30-11-5-6-21(30)17-34-2/h3-4,7-8,15,19-21,24,27H,5-6,9-14,16-17H2,1-2H3,(H,28,33)/t19-,20+,21+,24-/m0/s1. The number of likely N-dealkylation sites (tertiary alicyclic amines) is 1. The minimum Gasteiger partial charge on any atom is -0.383 e. The predicted octanol–water partition coefficient (Wildman–Crippen LogP) is 1.63. The van der Waals surface area contributed by atoms with Crippen LogP contribution in [0.5, 0.6) is 0 Å². The maximum absolute atomic E-state index is 12.9. The van der Waals surface area contributed by atoms with Gasteiger partial charge in [-0.25, -0.2) is 0 Å². The van der Waals surface area contributed by atoms with Crippen LogP contribution in [0.15, 0.2) is 30.5 Å². The maximum atomic E-state index is 12.9. The third kappa shape index (κ3) is 4.59. The summed E-state index contributed by atoms with van der Waals surface area (Å²) in [6.07, 6.45) is 6.38. The van der Waals surface area contributed by atoms with Gasteiger partial charge in [0.05, 0.1) is 18.7 Å². The van der Waals surface area contributed by atoms with Gasteiger partial charge in [0.15, 0.2) is 0 Å². The number of rotatable bonds is 8.